The molecule has 0 saturated carbocycles. The predicted octanol–water partition coefficient (Wildman–Crippen LogP) is 4.89. The Morgan fingerprint density at radius 3 is 2.42 bits per heavy atom. The largest absolute Gasteiger partial charge is 0.437 e. The van der Waals surface area contributed by atoms with Crippen molar-refractivity contribution in [1.29, 1.82) is 0 Å². The highest BCUT2D eigenvalue weighted by atomic mass is 16.5. The Kier molecular flexibility index (Phi) is 5.95. The highest BCUT2D eigenvalue weighted by Crippen LogP contribution is 2.35. The number of ether oxygens (including phenoxy) is 1. The van der Waals surface area contributed by atoms with E-state index in [-0.39, 0.29) is 11.1 Å². The number of hydrogen-bond acceptors (Lipinski definition) is 5. The number of carbonyl (C=O) groups excluding carboxylic acids is 1. The zero-order chi connectivity index (χ0) is 23.4. The molecule has 9 heteroatoms. The van der Waals surface area contributed by atoms with Crippen LogP contribution in [0.2, 0.25) is 0 Å². The van der Waals surface area contributed by atoms with Gasteiger partial charge in [0.2, 0.25) is 5.88 Å². The molecule has 2 aromatic carbocycles. The van der Waals surface area contributed by atoms with Crippen LogP contribution in [-0.2, 0) is 5.41 Å². The van der Waals surface area contributed by atoms with Crippen molar-refractivity contribution in [3.63, 3.8) is 0 Å². The smallest absolute Gasteiger partial charge is 0.340 e. The van der Waals surface area contributed by atoms with Crippen LogP contribution < -0.4 is 21.1 Å². The molecule has 0 saturated heterocycles. The van der Waals surface area contributed by atoms with E-state index >= 15 is 0 Å². The first-order valence-electron chi connectivity index (χ1n) is 10.3. The summed E-state index contributed by atoms with van der Waals surface area (Å²) in [6.07, 6.45) is 1.61. The van der Waals surface area contributed by atoms with Crippen LogP contribution in [-0.4, -0.2) is 26.2 Å². The Bertz CT molecular complexity index is 1320. The molecule has 4 aromatic rings. The number of rotatable bonds is 5. The first kappa shape index (κ1) is 21.8. The van der Waals surface area contributed by atoms with Crippen molar-refractivity contribution in [3.05, 3.63) is 82.9 Å². The minimum atomic E-state index is -0.446. The summed E-state index contributed by atoms with van der Waals surface area (Å²) in [5.41, 5.74) is 2.24. The zero-order valence-electron chi connectivity index (χ0n) is 18.5. The van der Waals surface area contributed by atoms with Crippen molar-refractivity contribution in [2.24, 2.45) is 0 Å². The third kappa shape index (κ3) is 5.27. The van der Waals surface area contributed by atoms with Gasteiger partial charge in [0.05, 0.1) is 0 Å². The maximum absolute atomic E-state index is 12.6. The molecule has 4 N–H and O–H groups in total. The van der Waals surface area contributed by atoms with Crippen LogP contribution in [0.5, 0.6) is 11.6 Å². The Morgan fingerprint density at radius 1 is 0.970 bits per heavy atom. The average Bonchev–Trinajstić information content (AvgIpc) is 3.21. The van der Waals surface area contributed by atoms with E-state index in [0.717, 1.165) is 5.56 Å². The number of nitrogens with zero attached hydrogens (tertiary/aromatic N) is 2. The third-order valence-electron chi connectivity index (χ3n) is 4.84. The summed E-state index contributed by atoms with van der Waals surface area (Å²) in [5.74, 6) is 1.39. The number of pyridine rings is 1. The summed E-state index contributed by atoms with van der Waals surface area (Å²) in [6.45, 7) is 6.32. The first-order chi connectivity index (χ1) is 15.8. The van der Waals surface area contributed by atoms with E-state index in [1.807, 2.05) is 24.3 Å². The molecule has 4 rings (SSSR count). The molecule has 0 aliphatic rings. The van der Waals surface area contributed by atoms with Crippen molar-refractivity contribution < 1.29 is 9.53 Å². The minimum Gasteiger partial charge on any atom is -0.437 e. The number of carbonyl (C=O) groups is 1. The van der Waals surface area contributed by atoms with Crippen LogP contribution in [0.3, 0.4) is 0 Å². The second-order valence-corrected chi connectivity index (χ2v) is 8.39. The van der Waals surface area contributed by atoms with E-state index in [2.05, 4.69) is 51.6 Å². The maximum atomic E-state index is 12.6. The fourth-order valence-corrected chi connectivity index (χ4v) is 3.25. The van der Waals surface area contributed by atoms with E-state index in [4.69, 9.17) is 4.74 Å². The zero-order valence-corrected chi connectivity index (χ0v) is 18.5. The molecule has 2 amide bonds. The van der Waals surface area contributed by atoms with Gasteiger partial charge in [0.1, 0.15) is 11.4 Å². The summed E-state index contributed by atoms with van der Waals surface area (Å²) in [4.78, 5) is 30.7. The number of urea groups is 1. The monoisotopic (exact) mass is 444 g/mol. The fourth-order valence-electron chi connectivity index (χ4n) is 3.25. The molecule has 33 heavy (non-hydrogen) atoms. The number of benzene rings is 2. The van der Waals surface area contributed by atoms with Gasteiger partial charge in [-0.05, 0) is 47.9 Å². The summed E-state index contributed by atoms with van der Waals surface area (Å²) >= 11 is 0. The van der Waals surface area contributed by atoms with Gasteiger partial charge in [-0.2, -0.15) is 5.10 Å². The fraction of sp³-hybridized carbons (Fsp3) is 0.167. The van der Waals surface area contributed by atoms with Gasteiger partial charge in [-0.25, -0.2) is 19.7 Å². The molecular formula is C24H24N6O3. The highest BCUT2D eigenvalue weighted by Gasteiger charge is 2.20. The number of nitrogens with one attached hydrogen (secondary N) is 4. The summed E-state index contributed by atoms with van der Waals surface area (Å²) in [5, 5.41) is 11.8. The normalized spacial score (nSPS) is 11.1. The topological polar surface area (TPSA) is 125 Å². The van der Waals surface area contributed by atoms with Gasteiger partial charge in [-0.15, -0.1) is 0 Å². The summed E-state index contributed by atoms with van der Waals surface area (Å²) < 4.78 is 6.09. The van der Waals surface area contributed by atoms with Gasteiger partial charge in [-0.3, -0.25) is 4.98 Å². The van der Waals surface area contributed by atoms with Gasteiger partial charge in [-0.1, -0.05) is 39.0 Å². The van der Waals surface area contributed by atoms with Crippen LogP contribution >= 0.6 is 0 Å². The number of anilines is 2. The Balaban J connectivity index is 1.47. The number of amides is 2. The third-order valence-corrected chi connectivity index (χ3v) is 4.84. The molecule has 0 fully saturated rings. The standard InChI is InChI=1S/C24H24N6O3/c1-24(2,3)17-7-4-5-9-19(17)33-21-18(8-6-14-25-21)27-22(31)26-16-12-10-15(11-13-16)20-28-23(32)30-29-20/h4-14H,1-3H3,(H2,26,27,31)(H2,28,29,30,32). The number of aromatic nitrogens is 4. The van der Waals surface area contributed by atoms with Crippen LogP contribution in [0.1, 0.15) is 26.3 Å². The lowest BCUT2D eigenvalue weighted by Gasteiger charge is -2.22. The second kappa shape index (κ2) is 8.99. The molecule has 2 heterocycles. The molecule has 0 atom stereocenters. The van der Waals surface area contributed by atoms with Crippen molar-refractivity contribution in [2.75, 3.05) is 10.6 Å². The van der Waals surface area contributed by atoms with Gasteiger partial charge >= 0.3 is 11.7 Å². The molecule has 0 spiro atoms. The van der Waals surface area contributed by atoms with Gasteiger partial charge < -0.3 is 15.4 Å². The van der Waals surface area contributed by atoms with E-state index in [1.54, 1.807) is 42.6 Å². The Morgan fingerprint density at radius 2 is 1.73 bits per heavy atom. The molecule has 168 valence electrons. The molecule has 0 unspecified atom stereocenters. The summed E-state index contributed by atoms with van der Waals surface area (Å²) in [7, 11) is 0. The maximum Gasteiger partial charge on any atom is 0.340 e. The van der Waals surface area contributed by atoms with Crippen molar-refractivity contribution in [2.45, 2.75) is 26.2 Å². The van der Waals surface area contributed by atoms with Crippen LogP contribution in [0, 0.1) is 0 Å². The van der Waals surface area contributed by atoms with Gasteiger partial charge in [0.15, 0.2) is 5.82 Å². The molecule has 2 aromatic heterocycles. The quantitative estimate of drug-likeness (QED) is 0.349. The number of aromatic amines is 2. The minimum absolute atomic E-state index is 0.120. The lowest BCUT2D eigenvalue weighted by atomic mass is 9.86. The predicted molar refractivity (Wildman–Crippen MR) is 127 cm³/mol. The van der Waals surface area contributed by atoms with Crippen LogP contribution in [0.4, 0.5) is 16.2 Å². The lowest BCUT2D eigenvalue weighted by Crippen LogP contribution is -2.20. The van der Waals surface area contributed by atoms with Gasteiger partial charge in [0.25, 0.3) is 0 Å². The molecule has 0 aliphatic heterocycles. The number of hydrogen-bond donors (Lipinski definition) is 4. The molecule has 0 radical (unpaired) electrons. The number of para-hydroxylation sites is 1. The molecule has 0 bridgehead atoms. The number of H-pyrrole nitrogens is 2. The van der Waals surface area contributed by atoms with Crippen molar-refractivity contribution in [1.82, 2.24) is 20.2 Å². The van der Waals surface area contributed by atoms with E-state index in [0.29, 0.717) is 34.4 Å². The van der Waals surface area contributed by atoms with E-state index in [9.17, 15) is 9.59 Å². The Hall–Kier alpha value is -4.40. The average molecular weight is 444 g/mol. The first-order valence-corrected chi connectivity index (χ1v) is 10.3. The van der Waals surface area contributed by atoms with Crippen LogP contribution in [0.25, 0.3) is 11.4 Å². The van der Waals surface area contributed by atoms with Gasteiger partial charge in [0, 0.05) is 23.0 Å². The molecule has 9 nitrogen and oxygen atoms in total. The molecular weight excluding hydrogens is 420 g/mol. The SMILES string of the molecule is CC(C)(C)c1ccccc1Oc1ncccc1NC(=O)Nc1ccc(-c2n[nH]c(=O)[nH]2)cc1. The van der Waals surface area contributed by atoms with Crippen LogP contribution in [0.15, 0.2) is 71.7 Å². The highest BCUT2D eigenvalue weighted by molar-refractivity contribution is 6.00. The van der Waals surface area contributed by atoms with Crippen molar-refractivity contribution in [3.8, 4) is 23.0 Å². The van der Waals surface area contributed by atoms with E-state index < -0.39 is 6.03 Å². The summed E-state index contributed by atoms with van der Waals surface area (Å²) in [6, 6.07) is 17.7. The second-order valence-electron chi connectivity index (χ2n) is 8.39. The van der Waals surface area contributed by atoms with E-state index in [1.165, 1.54) is 0 Å². The van der Waals surface area contributed by atoms with Crippen molar-refractivity contribution >= 4 is 17.4 Å². The lowest BCUT2D eigenvalue weighted by molar-refractivity contribution is 0.262. The molecule has 0 aliphatic carbocycles. The Labute approximate surface area is 190 Å².